The minimum absolute atomic E-state index is 0.210. The number of amides is 1. The summed E-state index contributed by atoms with van der Waals surface area (Å²) < 4.78 is 0. The Morgan fingerprint density at radius 2 is 2.00 bits per heavy atom. The Labute approximate surface area is 125 Å². The Morgan fingerprint density at radius 3 is 2.70 bits per heavy atom. The number of hydrogen-bond acceptors (Lipinski definition) is 5. The van der Waals surface area contributed by atoms with Gasteiger partial charge in [-0.1, -0.05) is 35.5 Å². The average molecular weight is 307 g/mol. The van der Waals surface area contributed by atoms with Gasteiger partial charge in [-0.05, 0) is 23.8 Å². The van der Waals surface area contributed by atoms with Crippen LogP contribution in [0.15, 0.2) is 53.0 Å². The van der Waals surface area contributed by atoms with Crippen LogP contribution in [0.1, 0.15) is 5.56 Å². The molecule has 1 aromatic carbocycles. The SMILES string of the molecule is O=C(CSc1ncccn1)N/N=C/c1ccc(Cl)cc1. The van der Waals surface area contributed by atoms with Crippen molar-refractivity contribution in [1.82, 2.24) is 15.4 Å². The molecule has 0 saturated heterocycles. The van der Waals surface area contributed by atoms with Gasteiger partial charge < -0.3 is 0 Å². The van der Waals surface area contributed by atoms with Crippen molar-refractivity contribution in [2.75, 3.05) is 5.75 Å². The van der Waals surface area contributed by atoms with E-state index >= 15 is 0 Å². The number of thioether (sulfide) groups is 1. The molecule has 1 heterocycles. The molecule has 0 saturated carbocycles. The van der Waals surface area contributed by atoms with Gasteiger partial charge in [0.15, 0.2) is 5.16 Å². The van der Waals surface area contributed by atoms with E-state index < -0.39 is 0 Å². The molecule has 2 rings (SSSR count). The van der Waals surface area contributed by atoms with Crippen LogP contribution < -0.4 is 5.43 Å². The van der Waals surface area contributed by atoms with Gasteiger partial charge in [-0.15, -0.1) is 0 Å². The second kappa shape index (κ2) is 7.62. The fourth-order valence-corrected chi connectivity index (χ4v) is 1.97. The van der Waals surface area contributed by atoms with E-state index in [0.717, 1.165) is 5.56 Å². The maximum Gasteiger partial charge on any atom is 0.250 e. The molecule has 0 bridgehead atoms. The first-order valence-electron chi connectivity index (χ1n) is 5.71. The molecule has 0 radical (unpaired) electrons. The number of hydrazone groups is 1. The molecule has 0 aliphatic rings. The molecular formula is C13H11ClN4OS. The highest BCUT2D eigenvalue weighted by molar-refractivity contribution is 7.99. The summed E-state index contributed by atoms with van der Waals surface area (Å²) >= 11 is 7.02. The highest BCUT2D eigenvalue weighted by atomic mass is 35.5. The highest BCUT2D eigenvalue weighted by Gasteiger charge is 2.02. The Balaban J connectivity index is 1.76. The standard InChI is InChI=1S/C13H11ClN4OS/c14-11-4-2-10(3-5-11)8-17-18-12(19)9-20-13-15-6-1-7-16-13/h1-8H,9H2,(H,18,19)/b17-8+. The number of carbonyl (C=O) groups excluding carboxylic acids is 1. The van der Waals surface area contributed by atoms with Crippen LogP contribution in [0.3, 0.4) is 0 Å². The predicted octanol–water partition coefficient (Wildman–Crippen LogP) is 2.37. The maximum absolute atomic E-state index is 11.5. The van der Waals surface area contributed by atoms with Crippen molar-refractivity contribution in [1.29, 1.82) is 0 Å². The van der Waals surface area contributed by atoms with E-state index in [1.54, 1.807) is 36.8 Å². The molecule has 102 valence electrons. The first-order chi connectivity index (χ1) is 9.74. The van der Waals surface area contributed by atoms with Gasteiger partial charge >= 0.3 is 0 Å². The van der Waals surface area contributed by atoms with E-state index in [9.17, 15) is 4.79 Å². The molecule has 0 atom stereocenters. The number of carbonyl (C=O) groups is 1. The third-order valence-electron chi connectivity index (χ3n) is 2.15. The smallest absolute Gasteiger partial charge is 0.250 e. The molecule has 0 aliphatic carbocycles. The summed E-state index contributed by atoms with van der Waals surface area (Å²) in [6, 6.07) is 8.86. The summed E-state index contributed by atoms with van der Waals surface area (Å²) in [4.78, 5) is 19.6. The second-order valence-electron chi connectivity index (χ2n) is 3.66. The van der Waals surface area contributed by atoms with Crippen molar-refractivity contribution in [2.45, 2.75) is 5.16 Å². The number of nitrogens with zero attached hydrogens (tertiary/aromatic N) is 3. The van der Waals surface area contributed by atoms with Gasteiger partial charge in [0.1, 0.15) is 0 Å². The largest absolute Gasteiger partial charge is 0.272 e. The van der Waals surface area contributed by atoms with Crippen molar-refractivity contribution in [3.05, 3.63) is 53.3 Å². The number of rotatable bonds is 5. The zero-order chi connectivity index (χ0) is 14.2. The fraction of sp³-hybridized carbons (Fsp3) is 0.0769. The lowest BCUT2D eigenvalue weighted by atomic mass is 10.2. The molecule has 1 N–H and O–H groups in total. The Morgan fingerprint density at radius 1 is 1.30 bits per heavy atom. The first kappa shape index (κ1) is 14.5. The number of aromatic nitrogens is 2. The molecular weight excluding hydrogens is 296 g/mol. The van der Waals surface area contributed by atoms with Gasteiger partial charge in [0, 0.05) is 17.4 Å². The average Bonchev–Trinajstić information content (AvgIpc) is 2.48. The lowest BCUT2D eigenvalue weighted by Gasteiger charge is -1.99. The summed E-state index contributed by atoms with van der Waals surface area (Å²) in [5.41, 5.74) is 3.29. The Hall–Kier alpha value is -1.92. The van der Waals surface area contributed by atoms with Gasteiger partial charge in [-0.2, -0.15) is 5.10 Å². The molecule has 5 nitrogen and oxygen atoms in total. The minimum atomic E-state index is -0.215. The topological polar surface area (TPSA) is 67.2 Å². The van der Waals surface area contributed by atoms with E-state index in [1.807, 2.05) is 12.1 Å². The van der Waals surface area contributed by atoms with Crippen LogP contribution in [0, 0.1) is 0 Å². The van der Waals surface area contributed by atoms with E-state index in [-0.39, 0.29) is 11.7 Å². The van der Waals surface area contributed by atoms with Crippen molar-refractivity contribution in [2.24, 2.45) is 5.10 Å². The molecule has 1 amide bonds. The lowest BCUT2D eigenvalue weighted by Crippen LogP contribution is -2.19. The van der Waals surface area contributed by atoms with E-state index in [0.29, 0.717) is 10.2 Å². The summed E-state index contributed by atoms with van der Waals surface area (Å²) in [5, 5.41) is 5.08. The van der Waals surface area contributed by atoms with Crippen LogP contribution in [0.5, 0.6) is 0 Å². The lowest BCUT2D eigenvalue weighted by molar-refractivity contribution is -0.118. The molecule has 2 aromatic rings. The molecule has 0 unspecified atom stereocenters. The van der Waals surface area contributed by atoms with E-state index in [2.05, 4.69) is 20.5 Å². The molecule has 0 aliphatic heterocycles. The van der Waals surface area contributed by atoms with Gasteiger partial charge in [-0.25, -0.2) is 15.4 Å². The van der Waals surface area contributed by atoms with Crippen LogP contribution in [-0.2, 0) is 4.79 Å². The zero-order valence-electron chi connectivity index (χ0n) is 10.4. The Kier molecular flexibility index (Phi) is 5.52. The second-order valence-corrected chi connectivity index (χ2v) is 5.04. The first-order valence-corrected chi connectivity index (χ1v) is 7.08. The minimum Gasteiger partial charge on any atom is -0.272 e. The van der Waals surface area contributed by atoms with Gasteiger partial charge in [-0.3, -0.25) is 4.79 Å². The summed E-state index contributed by atoms with van der Waals surface area (Å²) in [6.07, 6.45) is 4.82. The molecule has 0 fully saturated rings. The van der Waals surface area contributed by atoms with Crippen molar-refractivity contribution >= 4 is 35.5 Å². The quantitative estimate of drug-likeness (QED) is 0.398. The Bertz CT molecular complexity index is 589. The fourth-order valence-electron chi connectivity index (χ4n) is 1.25. The van der Waals surface area contributed by atoms with Crippen LogP contribution in [0.2, 0.25) is 5.02 Å². The van der Waals surface area contributed by atoms with Crippen molar-refractivity contribution in [3.8, 4) is 0 Å². The van der Waals surface area contributed by atoms with Gasteiger partial charge in [0.2, 0.25) is 0 Å². The highest BCUT2D eigenvalue weighted by Crippen LogP contribution is 2.10. The summed E-state index contributed by atoms with van der Waals surface area (Å²) in [7, 11) is 0. The van der Waals surface area contributed by atoms with Crippen molar-refractivity contribution in [3.63, 3.8) is 0 Å². The number of nitrogens with one attached hydrogen (secondary N) is 1. The van der Waals surface area contributed by atoms with E-state index in [1.165, 1.54) is 11.8 Å². The van der Waals surface area contributed by atoms with Crippen LogP contribution in [0.4, 0.5) is 0 Å². The summed E-state index contributed by atoms with van der Waals surface area (Å²) in [5.74, 6) is -0.00483. The number of benzene rings is 1. The third kappa shape index (κ3) is 4.99. The number of halogens is 1. The number of hydrogen-bond donors (Lipinski definition) is 1. The molecule has 7 heteroatoms. The zero-order valence-corrected chi connectivity index (χ0v) is 11.9. The predicted molar refractivity (Wildman–Crippen MR) is 79.9 cm³/mol. The van der Waals surface area contributed by atoms with Crippen LogP contribution in [-0.4, -0.2) is 27.8 Å². The normalized spacial score (nSPS) is 10.7. The van der Waals surface area contributed by atoms with Crippen molar-refractivity contribution < 1.29 is 4.79 Å². The summed E-state index contributed by atoms with van der Waals surface area (Å²) in [6.45, 7) is 0. The van der Waals surface area contributed by atoms with Gasteiger partial charge in [0.25, 0.3) is 5.91 Å². The third-order valence-corrected chi connectivity index (χ3v) is 3.27. The molecule has 20 heavy (non-hydrogen) atoms. The van der Waals surface area contributed by atoms with Crippen LogP contribution in [0.25, 0.3) is 0 Å². The monoisotopic (exact) mass is 306 g/mol. The van der Waals surface area contributed by atoms with Gasteiger partial charge in [0.05, 0.1) is 12.0 Å². The maximum atomic E-state index is 11.5. The molecule has 0 spiro atoms. The van der Waals surface area contributed by atoms with E-state index in [4.69, 9.17) is 11.6 Å². The molecule has 1 aromatic heterocycles. The van der Waals surface area contributed by atoms with Crippen LogP contribution >= 0.6 is 23.4 Å².